The molecule has 4 nitrogen and oxygen atoms in total. The number of aliphatic carboxylic acids is 1. The third-order valence-corrected chi connectivity index (χ3v) is 1.62. The van der Waals surface area contributed by atoms with Gasteiger partial charge in [-0.2, -0.15) is 0 Å². The Kier molecular flexibility index (Phi) is 2.97. The van der Waals surface area contributed by atoms with Crippen LogP contribution in [0.1, 0.15) is 23.9 Å². The molecule has 1 heterocycles. The van der Waals surface area contributed by atoms with Crippen LogP contribution in [0.25, 0.3) is 0 Å². The molecule has 0 fully saturated rings. The average molecular weight is 181 g/mol. The fraction of sp³-hybridized carbons (Fsp3) is 0.333. The fourth-order valence-electron chi connectivity index (χ4n) is 1.02. The Morgan fingerprint density at radius 1 is 1.62 bits per heavy atom. The molecule has 0 bridgehead atoms. The summed E-state index contributed by atoms with van der Waals surface area (Å²) in [4.78, 5) is 14.3. The molecule has 1 aromatic heterocycles. The van der Waals surface area contributed by atoms with Crippen LogP contribution in [0.2, 0.25) is 0 Å². The van der Waals surface area contributed by atoms with E-state index < -0.39 is 12.1 Å². The predicted molar refractivity (Wildman–Crippen MR) is 46.2 cm³/mol. The second-order valence-corrected chi connectivity index (χ2v) is 2.82. The van der Waals surface area contributed by atoms with Crippen LogP contribution in [0.15, 0.2) is 18.2 Å². The molecule has 0 saturated carbocycles. The van der Waals surface area contributed by atoms with E-state index in [4.69, 9.17) is 5.11 Å². The molecule has 13 heavy (non-hydrogen) atoms. The Hall–Kier alpha value is -1.42. The minimum absolute atomic E-state index is 0.309. The lowest BCUT2D eigenvalue weighted by Gasteiger charge is -2.07. The number of hydrogen-bond acceptors (Lipinski definition) is 3. The first kappa shape index (κ1) is 9.67. The molecular weight excluding hydrogens is 170 g/mol. The van der Waals surface area contributed by atoms with E-state index in [9.17, 15) is 9.90 Å². The van der Waals surface area contributed by atoms with Crippen LogP contribution < -0.4 is 0 Å². The van der Waals surface area contributed by atoms with Gasteiger partial charge < -0.3 is 10.2 Å². The molecule has 1 aromatic rings. The molecule has 0 amide bonds. The van der Waals surface area contributed by atoms with Crippen LogP contribution in [0.3, 0.4) is 0 Å². The van der Waals surface area contributed by atoms with Crippen LogP contribution in [-0.2, 0) is 4.79 Å². The van der Waals surface area contributed by atoms with E-state index in [-0.39, 0.29) is 6.42 Å². The van der Waals surface area contributed by atoms with E-state index in [1.807, 2.05) is 0 Å². The molecule has 0 radical (unpaired) electrons. The molecule has 0 spiro atoms. The van der Waals surface area contributed by atoms with Crippen LogP contribution in [-0.4, -0.2) is 21.2 Å². The van der Waals surface area contributed by atoms with Crippen molar-refractivity contribution in [2.45, 2.75) is 19.4 Å². The van der Waals surface area contributed by atoms with Gasteiger partial charge in [0.1, 0.15) is 6.10 Å². The van der Waals surface area contributed by atoms with Gasteiger partial charge in [0.2, 0.25) is 0 Å². The molecule has 1 rings (SSSR count). The van der Waals surface area contributed by atoms with E-state index in [1.165, 1.54) is 0 Å². The Labute approximate surface area is 75.9 Å². The maximum Gasteiger partial charge on any atom is 0.306 e. The molecule has 2 N–H and O–H groups in total. The van der Waals surface area contributed by atoms with E-state index in [0.717, 1.165) is 5.69 Å². The van der Waals surface area contributed by atoms with Crippen LogP contribution in [0, 0.1) is 6.92 Å². The summed E-state index contributed by atoms with van der Waals surface area (Å²) in [6.07, 6.45) is -1.33. The van der Waals surface area contributed by atoms with Gasteiger partial charge in [0.05, 0.1) is 12.1 Å². The summed E-state index contributed by atoms with van der Waals surface area (Å²) in [5.41, 5.74) is 1.17. The lowest BCUT2D eigenvalue weighted by Crippen LogP contribution is -2.07. The summed E-state index contributed by atoms with van der Waals surface area (Å²) in [7, 11) is 0. The monoisotopic (exact) mass is 181 g/mol. The molecule has 70 valence electrons. The topological polar surface area (TPSA) is 70.4 Å². The van der Waals surface area contributed by atoms with Crippen molar-refractivity contribution in [3.8, 4) is 0 Å². The van der Waals surface area contributed by atoms with E-state index in [1.54, 1.807) is 25.1 Å². The standard InChI is InChI=1S/C9H11NO3/c1-6-3-2-4-7(10-6)8(11)5-9(12)13/h2-4,8,11H,5H2,1H3,(H,12,13)/t8-/m1/s1. The van der Waals surface area contributed by atoms with Gasteiger partial charge in [0, 0.05) is 5.69 Å². The zero-order chi connectivity index (χ0) is 9.84. The first-order chi connectivity index (χ1) is 6.09. The third-order valence-electron chi connectivity index (χ3n) is 1.62. The van der Waals surface area contributed by atoms with Gasteiger partial charge in [-0.1, -0.05) is 6.07 Å². The Balaban J connectivity index is 2.76. The summed E-state index contributed by atoms with van der Waals surface area (Å²) >= 11 is 0. The first-order valence-corrected chi connectivity index (χ1v) is 3.93. The van der Waals surface area contributed by atoms with Gasteiger partial charge in [-0.25, -0.2) is 0 Å². The van der Waals surface area contributed by atoms with Gasteiger partial charge in [-0.3, -0.25) is 9.78 Å². The maximum absolute atomic E-state index is 10.3. The predicted octanol–water partition coefficient (Wildman–Crippen LogP) is 0.898. The molecule has 4 heteroatoms. The van der Waals surface area contributed by atoms with E-state index in [0.29, 0.717) is 5.69 Å². The van der Waals surface area contributed by atoms with Crippen molar-refractivity contribution in [2.24, 2.45) is 0 Å². The van der Waals surface area contributed by atoms with Crippen molar-refractivity contribution >= 4 is 5.97 Å². The summed E-state index contributed by atoms with van der Waals surface area (Å²) in [6.45, 7) is 1.79. The van der Waals surface area contributed by atoms with Gasteiger partial charge in [0.25, 0.3) is 0 Å². The molecule has 0 unspecified atom stereocenters. The third kappa shape index (κ3) is 2.83. The lowest BCUT2D eigenvalue weighted by atomic mass is 10.1. The zero-order valence-corrected chi connectivity index (χ0v) is 7.27. The SMILES string of the molecule is Cc1cccc([C@H](O)CC(=O)O)n1. The summed E-state index contributed by atoms with van der Waals surface area (Å²) < 4.78 is 0. The number of carbonyl (C=O) groups is 1. The highest BCUT2D eigenvalue weighted by Crippen LogP contribution is 2.13. The summed E-state index contributed by atoms with van der Waals surface area (Å²) in [5.74, 6) is -1.03. The van der Waals surface area contributed by atoms with Crippen LogP contribution in [0.4, 0.5) is 0 Å². The molecule has 0 aliphatic rings. The molecule has 0 saturated heterocycles. The number of aliphatic hydroxyl groups is 1. The molecule has 1 atom stereocenters. The van der Waals surface area contributed by atoms with Crippen molar-refractivity contribution < 1.29 is 15.0 Å². The number of aromatic nitrogens is 1. The normalized spacial score (nSPS) is 12.5. The minimum atomic E-state index is -1.03. The second-order valence-electron chi connectivity index (χ2n) is 2.82. The van der Waals surface area contributed by atoms with Crippen molar-refractivity contribution in [1.29, 1.82) is 0 Å². The minimum Gasteiger partial charge on any atom is -0.481 e. The quantitative estimate of drug-likeness (QED) is 0.726. The lowest BCUT2D eigenvalue weighted by molar-refractivity contribution is -0.139. The Bertz CT molecular complexity index is 311. The smallest absolute Gasteiger partial charge is 0.306 e. The van der Waals surface area contributed by atoms with Crippen molar-refractivity contribution in [3.63, 3.8) is 0 Å². The zero-order valence-electron chi connectivity index (χ0n) is 7.27. The van der Waals surface area contributed by atoms with E-state index in [2.05, 4.69) is 4.98 Å². The van der Waals surface area contributed by atoms with Crippen molar-refractivity contribution in [1.82, 2.24) is 4.98 Å². The van der Waals surface area contributed by atoms with Crippen LogP contribution in [0.5, 0.6) is 0 Å². The summed E-state index contributed by atoms with van der Waals surface area (Å²) in [6, 6.07) is 5.14. The number of carboxylic acid groups (broad SMARTS) is 1. The number of carboxylic acids is 1. The average Bonchev–Trinajstić information content (AvgIpc) is 2.03. The first-order valence-electron chi connectivity index (χ1n) is 3.93. The molecular formula is C9H11NO3. The highest BCUT2D eigenvalue weighted by atomic mass is 16.4. The fourth-order valence-corrected chi connectivity index (χ4v) is 1.02. The molecule has 0 aliphatic heterocycles. The van der Waals surface area contributed by atoms with Gasteiger partial charge in [-0.05, 0) is 19.1 Å². The van der Waals surface area contributed by atoms with Gasteiger partial charge >= 0.3 is 5.97 Å². The number of pyridine rings is 1. The number of aliphatic hydroxyl groups excluding tert-OH is 1. The highest BCUT2D eigenvalue weighted by Gasteiger charge is 2.12. The Morgan fingerprint density at radius 3 is 2.85 bits per heavy atom. The number of rotatable bonds is 3. The maximum atomic E-state index is 10.3. The highest BCUT2D eigenvalue weighted by molar-refractivity contribution is 5.67. The number of aryl methyl sites for hydroxylation is 1. The molecule has 0 aromatic carbocycles. The molecule has 0 aliphatic carbocycles. The second kappa shape index (κ2) is 4.00. The van der Waals surface area contributed by atoms with Crippen molar-refractivity contribution in [3.05, 3.63) is 29.6 Å². The van der Waals surface area contributed by atoms with Gasteiger partial charge in [0.15, 0.2) is 0 Å². The Morgan fingerprint density at radius 2 is 2.31 bits per heavy atom. The number of hydrogen-bond donors (Lipinski definition) is 2. The number of nitrogens with zero attached hydrogens (tertiary/aromatic N) is 1. The van der Waals surface area contributed by atoms with Crippen molar-refractivity contribution in [2.75, 3.05) is 0 Å². The van der Waals surface area contributed by atoms with Gasteiger partial charge in [-0.15, -0.1) is 0 Å². The summed E-state index contributed by atoms with van der Waals surface area (Å²) in [5, 5.41) is 17.8. The van der Waals surface area contributed by atoms with Crippen LogP contribution >= 0.6 is 0 Å². The largest absolute Gasteiger partial charge is 0.481 e. The van der Waals surface area contributed by atoms with E-state index >= 15 is 0 Å².